The SMILES string of the molecule is O=C(O)Cn1nc(C2CCCCC2)c2c1CCNC2. The van der Waals surface area contributed by atoms with Crippen molar-refractivity contribution in [2.24, 2.45) is 0 Å². The highest BCUT2D eigenvalue weighted by atomic mass is 16.4. The van der Waals surface area contributed by atoms with E-state index in [0.29, 0.717) is 5.92 Å². The Morgan fingerprint density at radius 2 is 2.16 bits per heavy atom. The summed E-state index contributed by atoms with van der Waals surface area (Å²) in [6.45, 7) is 1.76. The average Bonchev–Trinajstić information content (AvgIpc) is 2.78. The van der Waals surface area contributed by atoms with Gasteiger partial charge < -0.3 is 10.4 Å². The molecule has 0 radical (unpaired) electrons. The average molecular weight is 263 g/mol. The molecule has 2 heterocycles. The monoisotopic (exact) mass is 263 g/mol. The third-order valence-electron chi connectivity index (χ3n) is 4.31. The van der Waals surface area contributed by atoms with Gasteiger partial charge >= 0.3 is 5.97 Å². The smallest absolute Gasteiger partial charge is 0.325 e. The highest BCUT2D eigenvalue weighted by Crippen LogP contribution is 2.35. The molecule has 1 fully saturated rings. The van der Waals surface area contributed by atoms with Crippen LogP contribution in [0.1, 0.15) is 55.0 Å². The fraction of sp³-hybridized carbons (Fsp3) is 0.714. The molecule has 3 rings (SSSR count). The van der Waals surface area contributed by atoms with Crippen LogP contribution in [0, 0.1) is 0 Å². The van der Waals surface area contributed by atoms with Gasteiger partial charge in [-0.1, -0.05) is 19.3 Å². The number of carboxylic acids is 1. The Balaban J connectivity index is 1.94. The fourth-order valence-corrected chi connectivity index (χ4v) is 3.41. The van der Waals surface area contributed by atoms with E-state index in [0.717, 1.165) is 25.2 Å². The zero-order valence-electron chi connectivity index (χ0n) is 11.2. The number of nitrogens with zero attached hydrogens (tertiary/aromatic N) is 2. The first-order valence-electron chi connectivity index (χ1n) is 7.26. The minimum atomic E-state index is -0.806. The quantitative estimate of drug-likeness (QED) is 0.870. The van der Waals surface area contributed by atoms with Gasteiger partial charge in [-0.15, -0.1) is 0 Å². The fourth-order valence-electron chi connectivity index (χ4n) is 3.41. The number of aliphatic carboxylic acids is 1. The molecular weight excluding hydrogens is 242 g/mol. The van der Waals surface area contributed by atoms with Gasteiger partial charge in [-0.2, -0.15) is 5.10 Å². The molecular formula is C14H21N3O2. The van der Waals surface area contributed by atoms with Crippen molar-refractivity contribution >= 4 is 5.97 Å². The normalized spacial score (nSPS) is 20.2. The number of fused-ring (bicyclic) bond motifs is 1. The van der Waals surface area contributed by atoms with Gasteiger partial charge in [0.15, 0.2) is 0 Å². The third-order valence-corrected chi connectivity index (χ3v) is 4.31. The molecule has 0 atom stereocenters. The maximum Gasteiger partial charge on any atom is 0.325 e. The summed E-state index contributed by atoms with van der Waals surface area (Å²) < 4.78 is 1.72. The lowest BCUT2D eigenvalue weighted by Crippen LogP contribution is -2.26. The summed E-state index contributed by atoms with van der Waals surface area (Å²) in [4.78, 5) is 11.0. The van der Waals surface area contributed by atoms with Gasteiger partial charge in [-0.05, 0) is 12.8 Å². The van der Waals surface area contributed by atoms with Gasteiger partial charge in [0.2, 0.25) is 0 Å². The Bertz CT molecular complexity index is 475. The molecule has 1 aliphatic carbocycles. The maximum atomic E-state index is 11.0. The largest absolute Gasteiger partial charge is 0.480 e. The molecule has 0 bridgehead atoms. The lowest BCUT2D eigenvalue weighted by atomic mass is 9.84. The summed E-state index contributed by atoms with van der Waals surface area (Å²) in [7, 11) is 0. The van der Waals surface area contributed by atoms with E-state index >= 15 is 0 Å². The molecule has 0 unspecified atom stereocenters. The van der Waals surface area contributed by atoms with Gasteiger partial charge in [0.25, 0.3) is 0 Å². The van der Waals surface area contributed by atoms with Crippen LogP contribution in [-0.4, -0.2) is 27.4 Å². The predicted octanol–water partition coefficient (Wildman–Crippen LogP) is 1.66. The molecule has 1 saturated carbocycles. The molecule has 2 aliphatic rings. The van der Waals surface area contributed by atoms with Crippen LogP contribution in [0.2, 0.25) is 0 Å². The molecule has 0 saturated heterocycles. The van der Waals surface area contributed by atoms with Crippen molar-refractivity contribution in [3.63, 3.8) is 0 Å². The number of hydrogen-bond acceptors (Lipinski definition) is 3. The molecule has 19 heavy (non-hydrogen) atoms. The van der Waals surface area contributed by atoms with E-state index in [1.165, 1.54) is 43.4 Å². The van der Waals surface area contributed by atoms with Crippen molar-refractivity contribution in [1.29, 1.82) is 0 Å². The van der Waals surface area contributed by atoms with E-state index in [4.69, 9.17) is 5.11 Å². The molecule has 104 valence electrons. The lowest BCUT2D eigenvalue weighted by Gasteiger charge is -2.22. The molecule has 1 aromatic heterocycles. The zero-order valence-corrected chi connectivity index (χ0v) is 11.2. The van der Waals surface area contributed by atoms with E-state index in [1.807, 2.05) is 0 Å². The molecule has 0 amide bonds. The van der Waals surface area contributed by atoms with Crippen molar-refractivity contribution in [2.75, 3.05) is 6.54 Å². The van der Waals surface area contributed by atoms with E-state index < -0.39 is 5.97 Å². The summed E-state index contributed by atoms with van der Waals surface area (Å²) in [5.41, 5.74) is 3.59. The van der Waals surface area contributed by atoms with Gasteiger partial charge in [0.05, 0.1) is 5.69 Å². The molecule has 2 N–H and O–H groups in total. The number of nitrogens with one attached hydrogen (secondary N) is 1. The van der Waals surface area contributed by atoms with E-state index in [-0.39, 0.29) is 6.54 Å². The molecule has 5 nitrogen and oxygen atoms in total. The Hall–Kier alpha value is -1.36. The maximum absolute atomic E-state index is 11.0. The van der Waals surface area contributed by atoms with Crippen molar-refractivity contribution < 1.29 is 9.90 Å². The van der Waals surface area contributed by atoms with Crippen molar-refractivity contribution in [3.05, 3.63) is 17.0 Å². The van der Waals surface area contributed by atoms with E-state index in [2.05, 4.69) is 10.4 Å². The zero-order chi connectivity index (χ0) is 13.2. The summed E-state index contributed by atoms with van der Waals surface area (Å²) in [6, 6.07) is 0. The standard InChI is InChI=1S/C14H21N3O2/c18-13(19)9-17-12-6-7-15-8-11(12)14(16-17)10-4-2-1-3-5-10/h10,15H,1-9H2,(H,18,19). The Kier molecular flexibility index (Phi) is 3.55. The van der Waals surface area contributed by atoms with E-state index in [9.17, 15) is 4.79 Å². The molecule has 1 aliphatic heterocycles. The van der Waals surface area contributed by atoms with Crippen LogP contribution in [-0.2, 0) is 24.3 Å². The van der Waals surface area contributed by atoms with Crippen molar-refractivity contribution in [2.45, 2.75) is 57.5 Å². The first kappa shape index (κ1) is 12.7. The number of carbonyl (C=O) groups is 1. The van der Waals surface area contributed by atoms with Crippen LogP contribution in [0.15, 0.2) is 0 Å². The van der Waals surface area contributed by atoms with Crippen LogP contribution >= 0.6 is 0 Å². The second kappa shape index (κ2) is 5.33. The Morgan fingerprint density at radius 3 is 2.89 bits per heavy atom. The molecule has 1 aromatic rings. The van der Waals surface area contributed by atoms with E-state index in [1.54, 1.807) is 4.68 Å². The van der Waals surface area contributed by atoms with Crippen molar-refractivity contribution in [1.82, 2.24) is 15.1 Å². The van der Waals surface area contributed by atoms with Crippen LogP contribution in [0.4, 0.5) is 0 Å². The molecule has 0 spiro atoms. The number of rotatable bonds is 3. The summed E-state index contributed by atoms with van der Waals surface area (Å²) in [5.74, 6) is -0.267. The second-order valence-electron chi connectivity index (χ2n) is 5.62. The van der Waals surface area contributed by atoms with Crippen LogP contribution in [0.5, 0.6) is 0 Å². The van der Waals surface area contributed by atoms with Crippen LogP contribution in [0.25, 0.3) is 0 Å². The predicted molar refractivity (Wildman–Crippen MR) is 71.1 cm³/mol. The van der Waals surface area contributed by atoms with Gasteiger partial charge in [0.1, 0.15) is 6.54 Å². The number of hydrogen-bond donors (Lipinski definition) is 2. The minimum Gasteiger partial charge on any atom is -0.480 e. The highest BCUT2D eigenvalue weighted by Gasteiger charge is 2.27. The van der Waals surface area contributed by atoms with Crippen LogP contribution < -0.4 is 5.32 Å². The highest BCUT2D eigenvalue weighted by molar-refractivity contribution is 5.66. The number of carboxylic acid groups (broad SMARTS) is 1. The minimum absolute atomic E-state index is 0.00491. The topological polar surface area (TPSA) is 67.1 Å². The summed E-state index contributed by atoms with van der Waals surface area (Å²) in [5, 5.41) is 17.0. The second-order valence-corrected chi connectivity index (χ2v) is 5.62. The first-order valence-corrected chi connectivity index (χ1v) is 7.26. The van der Waals surface area contributed by atoms with Gasteiger partial charge in [0, 0.05) is 36.7 Å². The van der Waals surface area contributed by atoms with Gasteiger partial charge in [-0.3, -0.25) is 9.48 Å². The third kappa shape index (κ3) is 2.52. The summed E-state index contributed by atoms with van der Waals surface area (Å²) in [6.07, 6.45) is 7.18. The summed E-state index contributed by atoms with van der Waals surface area (Å²) >= 11 is 0. The first-order chi connectivity index (χ1) is 9.25. The number of aromatic nitrogens is 2. The van der Waals surface area contributed by atoms with Gasteiger partial charge in [-0.25, -0.2) is 0 Å². The lowest BCUT2D eigenvalue weighted by molar-refractivity contribution is -0.137. The molecule has 0 aromatic carbocycles. The van der Waals surface area contributed by atoms with Crippen molar-refractivity contribution in [3.8, 4) is 0 Å². The Morgan fingerprint density at radius 1 is 1.37 bits per heavy atom. The molecule has 5 heteroatoms. The van der Waals surface area contributed by atoms with Crippen LogP contribution in [0.3, 0.4) is 0 Å². The Labute approximate surface area is 113 Å².